The molecule has 0 heterocycles. The largest absolute Gasteiger partial charge is 0.392 e. The lowest BCUT2D eigenvalue weighted by Gasteiger charge is -2.31. The highest BCUT2D eigenvalue weighted by molar-refractivity contribution is 5.85. The van der Waals surface area contributed by atoms with Crippen LogP contribution in [0.5, 0.6) is 0 Å². The highest BCUT2D eigenvalue weighted by Crippen LogP contribution is 2.49. The third kappa shape index (κ3) is 5.33. The van der Waals surface area contributed by atoms with Crippen LogP contribution in [0.2, 0.25) is 0 Å². The predicted molar refractivity (Wildman–Crippen MR) is 72.3 cm³/mol. The molecule has 0 bridgehead atoms. The van der Waals surface area contributed by atoms with E-state index in [2.05, 4.69) is 0 Å². The van der Waals surface area contributed by atoms with Crippen molar-refractivity contribution in [1.82, 2.24) is 10.6 Å². The first kappa shape index (κ1) is 30.8. The summed E-state index contributed by atoms with van der Waals surface area (Å²) in [5.41, 5.74) is 0. The van der Waals surface area contributed by atoms with Gasteiger partial charge in [0.15, 0.2) is 0 Å². The van der Waals surface area contributed by atoms with Gasteiger partial charge in [0.05, 0.1) is 0 Å². The van der Waals surface area contributed by atoms with Gasteiger partial charge in [0.1, 0.15) is 0 Å². The molecular weight excluding hydrogens is 520 g/mol. The molecule has 2 N–H and O–H groups in total. The van der Waals surface area contributed by atoms with E-state index >= 15 is 0 Å². The summed E-state index contributed by atoms with van der Waals surface area (Å²) in [4.78, 5) is 21.9. The number of halogens is 16. The fraction of sp³-hybridized carbons (Fsp3) is 0.846. The molecule has 0 aliphatic carbocycles. The number of hydrogen-bond donors (Lipinski definition) is 2. The fourth-order valence-corrected chi connectivity index (χ4v) is 1.69. The first-order chi connectivity index (χ1) is 14.4. The van der Waals surface area contributed by atoms with Crippen molar-refractivity contribution in [2.75, 3.05) is 13.1 Å². The van der Waals surface area contributed by atoms with E-state index in [4.69, 9.17) is 0 Å². The smallest absolute Gasteiger partial charge is 0.351 e. The van der Waals surface area contributed by atoms with Crippen LogP contribution in [0.3, 0.4) is 0 Å². The van der Waals surface area contributed by atoms with Crippen molar-refractivity contribution in [2.45, 2.75) is 54.8 Å². The third-order valence-corrected chi connectivity index (χ3v) is 3.67. The molecule has 33 heavy (non-hydrogen) atoms. The molecule has 0 radical (unpaired) electrons. The van der Waals surface area contributed by atoms with Gasteiger partial charge < -0.3 is 10.6 Å². The van der Waals surface area contributed by atoms with Crippen molar-refractivity contribution in [3.05, 3.63) is 0 Å². The normalized spacial score (nSPS) is 14.6. The molecule has 0 rings (SSSR count). The average molecular weight is 530 g/mol. The lowest BCUT2D eigenvalue weighted by molar-refractivity contribution is -0.327. The molecule has 0 aromatic carbocycles. The van der Waals surface area contributed by atoms with E-state index in [0.29, 0.717) is 0 Å². The molecule has 2 amide bonds. The zero-order valence-corrected chi connectivity index (χ0v) is 15.1. The highest BCUT2D eigenvalue weighted by atomic mass is 19.4. The molecule has 0 unspecified atom stereocenters. The van der Waals surface area contributed by atoms with Gasteiger partial charge in [0.25, 0.3) is 11.8 Å². The maximum atomic E-state index is 13.2. The number of hydrogen-bond acceptors (Lipinski definition) is 2. The summed E-state index contributed by atoms with van der Waals surface area (Å²) < 4.78 is 203. The van der Waals surface area contributed by atoms with E-state index in [1.54, 1.807) is 0 Å². The first-order valence-corrected chi connectivity index (χ1v) is 7.83. The zero-order chi connectivity index (χ0) is 26.8. The number of amides is 2. The molecule has 0 saturated carbocycles. The quantitative estimate of drug-likeness (QED) is 0.297. The Morgan fingerprint density at radius 2 is 0.788 bits per heavy atom. The monoisotopic (exact) mass is 530 g/mol. The van der Waals surface area contributed by atoms with Gasteiger partial charge >= 0.3 is 48.4 Å². The minimum absolute atomic E-state index is 0.769. The second-order valence-corrected chi connectivity index (χ2v) is 6.01. The highest BCUT2D eigenvalue weighted by Gasteiger charge is 2.79. The summed E-state index contributed by atoms with van der Waals surface area (Å²) in [7, 11) is 0. The number of carbonyl (C=O) groups is 2. The standard InChI is InChI=1S/C13H10F16N2O2/c14-4(15)8(18,19)12(26,27)10(22,23)6(32)30-2-1-3-31-7(33)11(24,25)13(28,29)9(20,21)5(16)17/h4-5H,1-3H2,(H,30,32)(H,31,33). The van der Waals surface area contributed by atoms with Crippen LogP contribution in [-0.4, -0.2) is 73.3 Å². The topological polar surface area (TPSA) is 58.2 Å². The van der Waals surface area contributed by atoms with E-state index in [9.17, 15) is 79.8 Å². The summed E-state index contributed by atoms with van der Waals surface area (Å²) in [5, 5.41) is 1.54. The van der Waals surface area contributed by atoms with Crippen molar-refractivity contribution in [1.29, 1.82) is 0 Å². The van der Waals surface area contributed by atoms with Crippen LogP contribution in [0.1, 0.15) is 6.42 Å². The molecule has 0 atom stereocenters. The molecule has 0 spiro atoms. The molecule has 196 valence electrons. The number of alkyl halides is 16. The minimum atomic E-state index is -6.92. The van der Waals surface area contributed by atoms with E-state index in [1.807, 2.05) is 0 Å². The second kappa shape index (κ2) is 9.59. The van der Waals surface area contributed by atoms with Crippen molar-refractivity contribution < 1.29 is 79.8 Å². The van der Waals surface area contributed by atoms with Gasteiger partial charge in [-0.1, -0.05) is 0 Å². The lowest BCUT2D eigenvalue weighted by Crippen LogP contribution is -2.63. The molecule has 0 aromatic rings. The van der Waals surface area contributed by atoms with E-state index in [1.165, 1.54) is 0 Å². The SMILES string of the molecule is O=C(NCCCNC(=O)C(F)(F)C(F)(F)C(F)(F)C(F)F)C(F)(F)C(F)(F)C(F)(F)C(F)F. The van der Waals surface area contributed by atoms with Crippen LogP contribution in [0.25, 0.3) is 0 Å². The number of nitrogens with one attached hydrogen (secondary N) is 2. The predicted octanol–water partition coefficient (Wildman–Crippen LogP) is 3.95. The van der Waals surface area contributed by atoms with Crippen molar-refractivity contribution >= 4 is 11.8 Å². The van der Waals surface area contributed by atoms with E-state index in [-0.39, 0.29) is 0 Å². The van der Waals surface area contributed by atoms with Gasteiger partial charge in [-0.15, -0.1) is 0 Å². The Hall–Kier alpha value is -2.18. The molecule has 4 nitrogen and oxygen atoms in total. The molecule has 0 aliphatic heterocycles. The van der Waals surface area contributed by atoms with Crippen LogP contribution in [0.4, 0.5) is 70.2 Å². The molecule has 0 saturated heterocycles. The Balaban J connectivity index is 5.01. The van der Waals surface area contributed by atoms with Crippen molar-refractivity contribution in [2.24, 2.45) is 0 Å². The molecule has 20 heteroatoms. The van der Waals surface area contributed by atoms with Crippen LogP contribution in [0.15, 0.2) is 0 Å². The second-order valence-electron chi connectivity index (χ2n) is 6.01. The summed E-state index contributed by atoms with van der Waals surface area (Å²) in [5.74, 6) is -46.7. The van der Waals surface area contributed by atoms with Crippen LogP contribution >= 0.6 is 0 Å². The van der Waals surface area contributed by atoms with Crippen molar-refractivity contribution in [3.63, 3.8) is 0 Å². The van der Waals surface area contributed by atoms with E-state index in [0.717, 1.165) is 10.6 Å². The first-order valence-electron chi connectivity index (χ1n) is 7.83. The molecule has 0 aliphatic rings. The Morgan fingerprint density at radius 1 is 0.545 bits per heavy atom. The molecule has 0 aromatic heterocycles. The Bertz CT molecular complexity index is 651. The number of carbonyl (C=O) groups excluding carboxylic acids is 2. The lowest BCUT2D eigenvalue weighted by atomic mass is 10.0. The van der Waals surface area contributed by atoms with Gasteiger partial charge in [-0.3, -0.25) is 9.59 Å². The maximum absolute atomic E-state index is 13.2. The van der Waals surface area contributed by atoms with Gasteiger partial charge in [-0.05, 0) is 6.42 Å². The molecular formula is C13H10F16N2O2. The van der Waals surface area contributed by atoms with E-state index < -0.39 is 79.7 Å². The van der Waals surface area contributed by atoms with Crippen LogP contribution in [-0.2, 0) is 9.59 Å². The van der Waals surface area contributed by atoms with Gasteiger partial charge in [0, 0.05) is 13.1 Å². The maximum Gasteiger partial charge on any atom is 0.392 e. The average Bonchev–Trinajstić information content (AvgIpc) is 2.66. The van der Waals surface area contributed by atoms with Crippen LogP contribution in [0, 0.1) is 0 Å². The Labute approximate surface area is 171 Å². The summed E-state index contributed by atoms with van der Waals surface area (Å²) in [6, 6.07) is 0. The number of rotatable bonds is 12. The van der Waals surface area contributed by atoms with Gasteiger partial charge in [0.2, 0.25) is 0 Å². The van der Waals surface area contributed by atoms with Gasteiger partial charge in [-0.2, -0.15) is 52.7 Å². The van der Waals surface area contributed by atoms with Crippen LogP contribution < -0.4 is 10.6 Å². The Morgan fingerprint density at radius 3 is 1.00 bits per heavy atom. The van der Waals surface area contributed by atoms with Crippen molar-refractivity contribution in [3.8, 4) is 0 Å². The summed E-state index contributed by atoms with van der Waals surface area (Å²) >= 11 is 0. The third-order valence-electron chi connectivity index (χ3n) is 3.67. The summed E-state index contributed by atoms with van der Waals surface area (Å²) in [6.45, 7) is -2.78. The minimum Gasteiger partial charge on any atom is -0.351 e. The zero-order valence-electron chi connectivity index (χ0n) is 15.1. The summed E-state index contributed by atoms with van der Waals surface area (Å²) in [6.07, 6.45) is -11.8. The Kier molecular flexibility index (Phi) is 8.96. The van der Waals surface area contributed by atoms with Gasteiger partial charge in [-0.25, -0.2) is 17.6 Å². The fourth-order valence-electron chi connectivity index (χ4n) is 1.69. The molecule has 0 fully saturated rings.